The minimum atomic E-state index is -1.33. The fraction of sp³-hybridized carbons (Fsp3) is 0.762. The summed E-state index contributed by atoms with van der Waals surface area (Å²) in [5.41, 5.74) is 5.59. The van der Waals surface area contributed by atoms with E-state index in [9.17, 15) is 29.1 Å². The second kappa shape index (κ2) is 15.5. The molecule has 0 aromatic rings. The Balaban J connectivity index is 5.47. The van der Waals surface area contributed by atoms with Gasteiger partial charge in [0.25, 0.3) is 0 Å². The van der Waals surface area contributed by atoms with Gasteiger partial charge in [0.05, 0.1) is 12.5 Å². The number of amides is 3. The molecular weight excluding hydrogens is 452 g/mol. The molecule has 0 saturated heterocycles. The molecule has 11 nitrogen and oxygen atoms in total. The van der Waals surface area contributed by atoms with Crippen LogP contribution in [-0.4, -0.2) is 76.0 Å². The Labute approximate surface area is 199 Å². The van der Waals surface area contributed by atoms with Crippen molar-refractivity contribution < 1.29 is 34.2 Å². The van der Waals surface area contributed by atoms with Crippen molar-refractivity contribution in [2.24, 2.45) is 17.6 Å². The standard InChI is InChI=1S/C21H38N4O7S/c1-11(2)8-15(24-18(28)13(22)10-17(26)27)20(30)25-16(9-12(3)4)19(29)23-14(21(31)32)6-7-33-5/h11-16H,6-10,22H2,1-5H3,(H,23,29)(H,24,28)(H,25,30)(H,26,27)(H,31,32). The average molecular weight is 491 g/mol. The zero-order valence-corrected chi connectivity index (χ0v) is 20.7. The van der Waals surface area contributed by atoms with E-state index in [1.807, 2.05) is 34.0 Å². The summed E-state index contributed by atoms with van der Waals surface area (Å²) < 4.78 is 0. The van der Waals surface area contributed by atoms with Crippen LogP contribution in [0.5, 0.6) is 0 Å². The van der Waals surface area contributed by atoms with Gasteiger partial charge in [-0.05, 0) is 43.1 Å². The second-order valence-electron chi connectivity index (χ2n) is 8.77. The van der Waals surface area contributed by atoms with Gasteiger partial charge < -0.3 is 31.9 Å². The van der Waals surface area contributed by atoms with Gasteiger partial charge in [0, 0.05) is 0 Å². The van der Waals surface area contributed by atoms with Crippen molar-refractivity contribution in [2.45, 2.75) is 77.5 Å². The van der Waals surface area contributed by atoms with E-state index in [0.717, 1.165) is 0 Å². The van der Waals surface area contributed by atoms with E-state index in [1.165, 1.54) is 11.8 Å². The Hall–Kier alpha value is -2.34. The van der Waals surface area contributed by atoms with Crippen molar-refractivity contribution in [1.82, 2.24) is 16.0 Å². The Bertz CT molecular complexity index is 688. The Morgan fingerprint density at radius 3 is 1.58 bits per heavy atom. The lowest BCUT2D eigenvalue weighted by Crippen LogP contribution is -2.57. The minimum Gasteiger partial charge on any atom is -0.481 e. The van der Waals surface area contributed by atoms with Crippen molar-refractivity contribution in [2.75, 3.05) is 12.0 Å². The van der Waals surface area contributed by atoms with E-state index < -0.39 is 60.2 Å². The van der Waals surface area contributed by atoms with Gasteiger partial charge in [-0.3, -0.25) is 19.2 Å². The first-order chi connectivity index (χ1) is 15.3. The molecule has 0 fully saturated rings. The summed E-state index contributed by atoms with van der Waals surface area (Å²) in [5, 5.41) is 25.8. The van der Waals surface area contributed by atoms with Crippen LogP contribution in [0.25, 0.3) is 0 Å². The summed E-state index contributed by atoms with van der Waals surface area (Å²) >= 11 is 1.45. The molecular formula is C21H38N4O7S. The SMILES string of the molecule is CSCCC(NC(=O)C(CC(C)C)NC(=O)C(CC(C)C)NC(=O)C(N)CC(=O)O)C(=O)O. The number of nitrogens with two attached hydrogens (primary N) is 1. The molecule has 7 N–H and O–H groups in total. The van der Waals surface area contributed by atoms with Crippen molar-refractivity contribution in [3.05, 3.63) is 0 Å². The normalized spacial score (nSPS) is 14.8. The fourth-order valence-electron chi connectivity index (χ4n) is 3.00. The van der Waals surface area contributed by atoms with E-state index >= 15 is 0 Å². The zero-order valence-electron chi connectivity index (χ0n) is 19.9. The highest BCUT2D eigenvalue weighted by Gasteiger charge is 2.31. The molecule has 0 radical (unpaired) electrons. The maximum Gasteiger partial charge on any atom is 0.326 e. The highest BCUT2D eigenvalue weighted by atomic mass is 32.2. The predicted molar refractivity (Wildman–Crippen MR) is 126 cm³/mol. The van der Waals surface area contributed by atoms with Crippen LogP contribution in [0.2, 0.25) is 0 Å². The first-order valence-electron chi connectivity index (χ1n) is 10.9. The molecule has 0 aromatic carbocycles. The summed E-state index contributed by atoms with van der Waals surface area (Å²) in [6.07, 6.45) is 1.96. The number of rotatable bonds is 16. The molecule has 0 aliphatic carbocycles. The van der Waals surface area contributed by atoms with Gasteiger partial charge in [0.2, 0.25) is 17.7 Å². The molecule has 0 aliphatic heterocycles. The molecule has 33 heavy (non-hydrogen) atoms. The molecule has 0 saturated carbocycles. The summed E-state index contributed by atoms with van der Waals surface area (Å²) in [4.78, 5) is 60.3. The smallest absolute Gasteiger partial charge is 0.326 e. The molecule has 4 unspecified atom stereocenters. The lowest BCUT2D eigenvalue weighted by atomic mass is 9.99. The largest absolute Gasteiger partial charge is 0.481 e. The molecule has 0 heterocycles. The molecule has 0 bridgehead atoms. The summed E-state index contributed by atoms with van der Waals surface area (Å²) in [7, 11) is 0. The van der Waals surface area contributed by atoms with Gasteiger partial charge in [-0.2, -0.15) is 11.8 Å². The van der Waals surface area contributed by atoms with Crippen LogP contribution < -0.4 is 21.7 Å². The van der Waals surface area contributed by atoms with Gasteiger partial charge in [0.15, 0.2) is 0 Å². The minimum absolute atomic E-state index is 0.00272. The van der Waals surface area contributed by atoms with Gasteiger partial charge in [-0.25, -0.2) is 4.79 Å². The van der Waals surface area contributed by atoms with Gasteiger partial charge in [-0.1, -0.05) is 27.7 Å². The third kappa shape index (κ3) is 13.1. The van der Waals surface area contributed by atoms with E-state index in [0.29, 0.717) is 5.75 Å². The van der Waals surface area contributed by atoms with Crippen molar-refractivity contribution >= 4 is 41.4 Å². The van der Waals surface area contributed by atoms with Gasteiger partial charge in [0.1, 0.15) is 18.1 Å². The maximum absolute atomic E-state index is 13.0. The van der Waals surface area contributed by atoms with Gasteiger partial charge in [-0.15, -0.1) is 0 Å². The number of hydrogen-bond donors (Lipinski definition) is 6. The lowest BCUT2D eigenvalue weighted by molar-refractivity contribution is -0.142. The molecule has 0 rings (SSSR count). The Morgan fingerprint density at radius 2 is 1.21 bits per heavy atom. The number of carbonyl (C=O) groups is 5. The summed E-state index contributed by atoms with van der Waals surface area (Å²) in [5.74, 6) is -3.90. The molecule has 0 aromatic heterocycles. The topological polar surface area (TPSA) is 188 Å². The third-order valence-electron chi connectivity index (χ3n) is 4.64. The zero-order chi connectivity index (χ0) is 25.7. The van der Waals surface area contributed by atoms with Crippen LogP contribution in [0, 0.1) is 11.8 Å². The van der Waals surface area contributed by atoms with Crippen LogP contribution >= 0.6 is 11.8 Å². The number of carboxylic acid groups (broad SMARTS) is 2. The lowest BCUT2D eigenvalue weighted by Gasteiger charge is -2.26. The molecule has 0 aliphatic rings. The maximum atomic E-state index is 13.0. The van der Waals surface area contributed by atoms with E-state index in [1.54, 1.807) is 0 Å². The van der Waals surface area contributed by atoms with Crippen molar-refractivity contribution in [1.29, 1.82) is 0 Å². The number of aliphatic carboxylic acids is 2. The molecule has 3 amide bonds. The highest BCUT2D eigenvalue weighted by Crippen LogP contribution is 2.10. The summed E-state index contributed by atoms with van der Waals surface area (Å²) in [6.45, 7) is 7.39. The van der Waals surface area contributed by atoms with Crippen LogP contribution in [-0.2, 0) is 24.0 Å². The summed E-state index contributed by atoms with van der Waals surface area (Å²) in [6, 6.07) is -4.45. The number of thioether (sulfide) groups is 1. The van der Waals surface area contributed by atoms with E-state index in [2.05, 4.69) is 16.0 Å². The Kier molecular flexibility index (Phi) is 14.4. The van der Waals surface area contributed by atoms with Crippen LogP contribution in [0.4, 0.5) is 0 Å². The van der Waals surface area contributed by atoms with Gasteiger partial charge >= 0.3 is 11.9 Å². The average Bonchev–Trinajstić information content (AvgIpc) is 2.68. The third-order valence-corrected chi connectivity index (χ3v) is 5.28. The molecule has 0 spiro atoms. The molecule has 12 heteroatoms. The second-order valence-corrected chi connectivity index (χ2v) is 9.75. The monoisotopic (exact) mass is 490 g/mol. The first kappa shape index (κ1) is 30.7. The molecule has 190 valence electrons. The van der Waals surface area contributed by atoms with E-state index in [4.69, 9.17) is 10.8 Å². The van der Waals surface area contributed by atoms with Crippen LogP contribution in [0.3, 0.4) is 0 Å². The number of nitrogens with one attached hydrogen (secondary N) is 3. The number of carboxylic acids is 2. The fourth-order valence-corrected chi connectivity index (χ4v) is 3.47. The number of carbonyl (C=O) groups excluding carboxylic acids is 3. The van der Waals surface area contributed by atoms with Crippen LogP contribution in [0.1, 0.15) is 53.4 Å². The van der Waals surface area contributed by atoms with Crippen molar-refractivity contribution in [3.63, 3.8) is 0 Å². The predicted octanol–water partition coefficient (Wildman–Crippen LogP) is 0.173. The van der Waals surface area contributed by atoms with E-state index in [-0.39, 0.29) is 31.1 Å². The quantitative estimate of drug-likeness (QED) is 0.175. The van der Waals surface area contributed by atoms with Crippen LogP contribution in [0.15, 0.2) is 0 Å². The highest BCUT2D eigenvalue weighted by molar-refractivity contribution is 7.98. The Morgan fingerprint density at radius 1 is 0.788 bits per heavy atom. The number of hydrogen-bond acceptors (Lipinski definition) is 7. The van der Waals surface area contributed by atoms with Crippen molar-refractivity contribution in [3.8, 4) is 0 Å². The first-order valence-corrected chi connectivity index (χ1v) is 12.3. The molecule has 4 atom stereocenters.